The molecule has 0 spiro atoms. The van der Waals surface area contributed by atoms with Gasteiger partial charge in [0.1, 0.15) is 5.65 Å². The van der Waals surface area contributed by atoms with E-state index in [9.17, 15) is 0 Å². The third-order valence-corrected chi connectivity index (χ3v) is 8.54. The Hall–Kier alpha value is -5.48. The molecule has 42 heavy (non-hydrogen) atoms. The number of aryl methyl sites for hydroxylation is 2. The lowest BCUT2D eigenvalue weighted by Gasteiger charge is -2.13. The number of hydrogen-bond acceptors (Lipinski definition) is 2. The lowest BCUT2D eigenvalue weighted by molar-refractivity contribution is 0.980. The Kier molecular flexibility index (Phi) is 4.71. The van der Waals surface area contributed by atoms with Gasteiger partial charge in [0.05, 0.1) is 27.6 Å². The molecule has 4 heteroatoms. The van der Waals surface area contributed by atoms with E-state index >= 15 is 0 Å². The van der Waals surface area contributed by atoms with Crippen molar-refractivity contribution >= 4 is 60.2 Å². The monoisotopic (exact) mass is 538 g/mol. The molecule has 0 radical (unpaired) electrons. The summed E-state index contributed by atoms with van der Waals surface area (Å²) in [7, 11) is 0. The molecule has 3 aromatic heterocycles. The largest absolute Gasteiger partial charge is 0.279 e. The van der Waals surface area contributed by atoms with E-state index in [-0.39, 0.29) is 0 Å². The second kappa shape index (κ2) is 8.51. The molecule has 0 saturated carbocycles. The summed E-state index contributed by atoms with van der Waals surface area (Å²) in [6.07, 6.45) is 0. The van der Waals surface area contributed by atoms with Gasteiger partial charge >= 0.3 is 0 Å². The van der Waals surface area contributed by atoms with Gasteiger partial charge in [-0.2, -0.15) is 0 Å². The van der Waals surface area contributed by atoms with Crippen molar-refractivity contribution in [2.75, 3.05) is 0 Å². The van der Waals surface area contributed by atoms with Gasteiger partial charge in [-0.3, -0.25) is 8.97 Å². The number of nitrogens with zero attached hydrogens (tertiary/aromatic N) is 4. The summed E-state index contributed by atoms with van der Waals surface area (Å²) in [4.78, 5) is 10.4. The number of rotatable bonds is 2. The number of benzene rings is 6. The molecule has 0 fully saturated rings. The van der Waals surface area contributed by atoms with E-state index in [4.69, 9.17) is 9.97 Å². The molecule has 9 rings (SSSR count). The van der Waals surface area contributed by atoms with E-state index in [0.29, 0.717) is 0 Å². The lowest BCUT2D eigenvalue weighted by Crippen LogP contribution is -2.06. The first kappa shape index (κ1) is 23.2. The molecule has 0 N–H and O–H groups in total. The SMILES string of the molecule is Cc1cc(C)cc(-c2ccc3c(c2)c2c4ccccc4ccc2n3-c2nc3ccccc3c3nc4ccccc4n23)c1. The van der Waals surface area contributed by atoms with Crippen molar-refractivity contribution in [1.82, 2.24) is 18.9 Å². The second-order valence-electron chi connectivity index (χ2n) is 11.3. The van der Waals surface area contributed by atoms with Crippen molar-refractivity contribution in [3.05, 3.63) is 132 Å². The standard InChI is InChI=1S/C38H26N4/c1-23-19-24(2)21-27(20-23)26-16-17-33-30(22-26)36-28-10-4-3-9-25(28)15-18-35(36)41(33)38-40-31-12-6-5-11-29(31)37-39-32-13-7-8-14-34(32)42(37)38/h3-22H,1-2H3. The number of aromatic nitrogens is 4. The first-order chi connectivity index (χ1) is 20.6. The third kappa shape index (κ3) is 3.23. The van der Waals surface area contributed by atoms with E-state index in [0.717, 1.165) is 44.6 Å². The van der Waals surface area contributed by atoms with Gasteiger partial charge < -0.3 is 0 Å². The van der Waals surface area contributed by atoms with Crippen molar-refractivity contribution in [1.29, 1.82) is 0 Å². The van der Waals surface area contributed by atoms with Crippen molar-refractivity contribution in [3.8, 4) is 17.1 Å². The fraction of sp³-hybridized carbons (Fsp3) is 0.0526. The highest BCUT2D eigenvalue weighted by Crippen LogP contribution is 2.39. The van der Waals surface area contributed by atoms with E-state index < -0.39 is 0 Å². The predicted molar refractivity (Wildman–Crippen MR) is 175 cm³/mol. The van der Waals surface area contributed by atoms with Crippen LogP contribution in [-0.4, -0.2) is 18.9 Å². The van der Waals surface area contributed by atoms with Crippen LogP contribution < -0.4 is 0 Å². The Morgan fingerprint density at radius 3 is 2.07 bits per heavy atom. The molecule has 0 bridgehead atoms. The van der Waals surface area contributed by atoms with E-state index in [2.05, 4.69) is 132 Å². The molecule has 9 aromatic rings. The Morgan fingerprint density at radius 2 is 1.21 bits per heavy atom. The number of hydrogen-bond donors (Lipinski definition) is 0. The maximum atomic E-state index is 5.34. The Balaban J connectivity index is 1.48. The van der Waals surface area contributed by atoms with Gasteiger partial charge in [-0.05, 0) is 78.2 Å². The van der Waals surface area contributed by atoms with Crippen molar-refractivity contribution in [2.45, 2.75) is 13.8 Å². The molecule has 0 aliphatic heterocycles. The van der Waals surface area contributed by atoms with Gasteiger partial charge in [0.25, 0.3) is 0 Å². The summed E-state index contributed by atoms with van der Waals surface area (Å²) in [6, 6.07) is 43.4. The van der Waals surface area contributed by atoms with Crippen LogP contribution >= 0.6 is 0 Å². The summed E-state index contributed by atoms with van der Waals surface area (Å²) >= 11 is 0. The van der Waals surface area contributed by atoms with Crippen LogP contribution in [0.2, 0.25) is 0 Å². The smallest absolute Gasteiger partial charge is 0.221 e. The minimum atomic E-state index is 0.840. The Labute approximate surface area is 242 Å². The number of fused-ring (bicyclic) bond motifs is 10. The summed E-state index contributed by atoms with van der Waals surface area (Å²) in [5, 5.41) is 5.96. The van der Waals surface area contributed by atoms with Gasteiger partial charge in [0.15, 0.2) is 0 Å². The molecule has 0 saturated heterocycles. The highest BCUT2D eigenvalue weighted by atomic mass is 15.2. The fourth-order valence-electron chi connectivity index (χ4n) is 6.80. The Bertz CT molecular complexity index is 2530. The first-order valence-electron chi connectivity index (χ1n) is 14.3. The van der Waals surface area contributed by atoms with Crippen LogP contribution in [0.4, 0.5) is 0 Å². The molecule has 0 aliphatic carbocycles. The third-order valence-electron chi connectivity index (χ3n) is 8.54. The van der Waals surface area contributed by atoms with E-state index in [1.165, 1.54) is 43.8 Å². The van der Waals surface area contributed by atoms with Crippen LogP contribution in [-0.2, 0) is 0 Å². The highest BCUT2D eigenvalue weighted by Gasteiger charge is 2.21. The Morgan fingerprint density at radius 1 is 0.500 bits per heavy atom. The average Bonchev–Trinajstić information content (AvgIpc) is 3.57. The summed E-state index contributed by atoms with van der Waals surface area (Å²) in [6.45, 7) is 4.33. The summed E-state index contributed by atoms with van der Waals surface area (Å²) in [5.41, 5.74) is 11.1. The van der Waals surface area contributed by atoms with E-state index in [1.807, 2.05) is 12.1 Å². The molecule has 0 unspecified atom stereocenters. The minimum Gasteiger partial charge on any atom is -0.279 e. The normalized spacial score (nSPS) is 12.0. The quantitative estimate of drug-likeness (QED) is 0.220. The maximum Gasteiger partial charge on any atom is 0.221 e. The average molecular weight is 539 g/mol. The highest BCUT2D eigenvalue weighted by molar-refractivity contribution is 6.22. The van der Waals surface area contributed by atoms with Gasteiger partial charge in [0, 0.05) is 16.2 Å². The van der Waals surface area contributed by atoms with Crippen LogP contribution in [0.25, 0.3) is 77.2 Å². The molecule has 0 atom stereocenters. The van der Waals surface area contributed by atoms with Crippen LogP contribution in [0.3, 0.4) is 0 Å². The molecule has 0 amide bonds. The molecular weight excluding hydrogens is 512 g/mol. The zero-order chi connectivity index (χ0) is 27.9. The predicted octanol–water partition coefficient (Wildman–Crippen LogP) is 9.57. The number of para-hydroxylation sites is 3. The van der Waals surface area contributed by atoms with Crippen LogP contribution in [0, 0.1) is 13.8 Å². The molecule has 4 nitrogen and oxygen atoms in total. The number of imidazole rings is 1. The molecule has 3 heterocycles. The summed E-state index contributed by atoms with van der Waals surface area (Å²) < 4.78 is 4.56. The topological polar surface area (TPSA) is 35.1 Å². The lowest BCUT2D eigenvalue weighted by atomic mass is 9.98. The molecule has 6 aromatic carbocycles. The molecule has 0 aliphatic rings. The maximum absolute atomic E-state index is 5.34. The first-order valence-corrected chi connectivity index (χ1v) is 14.3. The molecule has 198 valence electrons. The second-order valence-corrected chi connectivity index (χ2v) is 11.3. The van der Waals surface area contributed by atoms with E-state index in [1.54, 1.807) is 0 Å². The minimum absolute atomic E-state index is 0.840. The van der Waals surface area contributed by atoms with Crippen molar-refractivity contribution < 1.29 is 0 Å². The van der Waals surface area contributed by atoms with Crippen molar-refractivity contribution in [2.24, 2.45) is 0 Å². The zero-order valence-electron chi connectivity index (χ0n) is 23.3. The van der Waals surface area contributed by atoms with Crippen LogP contribution in [0.5, 0.6) is 0 Å². The van der Waals surface area contributed by atoms with Crippen LogP contribution in [0.15, 0.2) is 121 Å². The van der Waals surface area contributed by atoms with Gasteiger partial charge in [-0.15, -0.1) is 0 Å². The van der Waals surface area contributed by atoms with Gasteiger partial charge in [-0.1, -0.05) is 90.0 Å². The molecular formula is C38H26N4. The zero-order valence-corrected chi connectivity index (χ0v) is 23.3. The van der Waals surface area contributed by atoms with Gasteiger partial charge in [-0.25, -0.2) is 9.97 Å². The van der Waals surface area contributed by atoms with Crippen LogP contribution in [0.1, 0.15) is 11.1 Å². The van der Waals surface area contributed by atoms with Crippen molar-refractivity contribution in [3.63, 3.8) is 0 Å². The fourth-order valence-corrected chi connectivity index (χ4v) is 6.80. The van der Waals surface area contributed by atoms with Gasteiger partial charge in [0.2, 0.25) is 5.95 Å². The summed E-state index contributed by atoms with van der Waals surface area (Å²) in [5.74, 6) is 0.840.